The highest BCUT2D eigenvalue weighted by Gasteiger charge is 2.16. The maximum atomic E-state index is 12.2. The Kier molecular flexibility index (Phi) is 8.08. The van der Waals surface area contributed by atoms with E-state index in [9.17, 15) is 9.90 Å². The molecule has 0 aliphatic carbocycles. The monoisotopic (exact) mass is 519 g/mol. The second kappa shape index (κ2) is 11.4. The number of likely N-dealkylation sites (N-methyl/N-ethyl adjacent to an activating group) is 2. The number of amides is 1. The van der Waals surface area contributed by atoms with Crippen molar-refractivity contribution in [2.75, 3.05) is 49.8 Å². The fraction of sp³-hybridized carbons (Fsp3) is 0.222. The lowest BCUT2D eigenvalue weighted by atomic mass is 10.1. The highest BCUT2D eigenvalue weighted by atomic mass is 35.5. The number of hydrogen-bond donors (Lipinski definition) is 3. The molecule has 0 radical (unpaired) electrons. The Morgan fingerprint density at radius 2 is 1.95 bits per heavy atom. The van der Waals surface area contributed by atoms with Crippen LogP contribution in [0.5, 0.6) is 0 Å². The first-order valence-corrected chi connectivity index (χ1v) is 12.1. The van der Waals surface area contributed by atoms with Gasteiger partial charge in [0.1, 0.15) is 5.82 Å². The van der Waals surface area contributed by atoms with Gasteiger partial charge in [-0.25, -0.2) is 4.98 Å². The van der Waals surface area contributed by atoms with E-state index < -0.39 is 0 Å². The van der Waals surface area contributed by atoms with Crippen LogP contribution in [0.3, 0.4) is 0 Å². The number of carbonyl (C=O) groups is 1. The van der Waals surface area contributed by atoms with Crippen LogP contribution in [0.4, 0.5) is 23.0 Å². The van der Waals surface area contributed by atoms with Crippen molar-refractivity contribution in [3.05, 3.63) is 78.1 Å². The summed E-state index contributed by atoms with van der Waals surface area (Å²) in [5, 5.41) is 17.9. The van der Waals surface area contributed by atoms with Crippen LogP contribution in [-0.4, -0.2) is 64.7 Å². The fourth-order valence-electron chi connectivity index (χ4n) is 3.93. The summed E-state index contributed by atoms with van der Waals surface area (Å²) >= 11 is 6.13. The first kappa shape index (κ1) is 26.2. The zero-order chi connectivity index (χ0) is 26.5. The molecule has 1 amide bonds. The lowest BCUT2D eigenvalue weighted by Crippen LogP contribution is -2.29. The number of aliphatic hydroxyl groups excluding tert-OH is 1. The Bertz CT molecular complexity index is 1430. The molecular weight excluding hydrogens is 490 g/mol. The minimum atomic E-state index is -0.331. The maximum Gasteiger partial charge on any atom is 0.247 e. The molecule has 0 aliphatic rings. The van der Waals surface area contributed by atoms with Gasteiger partial charge < -0.3 is 30.1 Å². The third-order valence-corrected chi connectivity index (χ3v) is 6.15. The Labute approximate surface area is 221 Å². The molecule has 2 heterocycles. The summed E-state index contributed by atoms with van der Waals surface area (Å²) in [5.41, 5.74) is 3.53. The second-order valence-corrected chi connectivity index (χ2v) is 9.29. The van der Waals surface area contributed by atoms with Crippen LogP contribution in [0.2, 0.25) is 5.02 Å². The van der Waals surface area contributed by atoms with E-state index in [1.165, 1.54) is 6.08 Å². The summed E-state index contributed by atoms with van der Waals surface area (Å²) < 4.78 is 1.95. The third-order valence-electron chi connectivity index (χ3n) is 5.92. The predicted molar refractivity (Wildman–Crippen MR) is 150 cm³/mol. The molecule has 0 saturated carbocycles. The number of benzene rings is 2. The summed E-state index contributed by atoms with van der Waals surface area (Å²) in [6, 6.07) is 13.1. The van der Waals surface area contributed by atoms with Crippen molar-refractivity contribution in [3.63, 3.8) is 0 Å². The summed E-state index contributed by atoms with van der Waals surface area (Å²) in [5.74, 6) is 0.682. The smallest absolute Gasteiger partial charge is 0.247 e. The maximum absolute atomic E-state index is 12.2. The van der Waals surface area contributed by atoms with Crippen LogP contribution in [-0.2, 0) is 11.4 Å². The molecule has 0 spiro atoms. The molecule has 4 rings (SSSR count). The molecule has 37 heavy (non-hydrogen) atoms. The van der Waals surface area contributed by atoms with Crippen molar-refractivity contribution in [1.82, 2.24) is 19.4 Å². The largest absolute Gasteiger partial charge is 0.392 e. The van der Waals surface area contributed by atoms with Gasteiger partial charge in [0, 0.05) is 54.2 Å². The number of aromatic nitrogens is 3. The summed E-state index contributed by atoms with van der Waals surface area (Å²) in [6.45, 7) is 4.89. The van der Waals surface area contributed by atoms with Gasteiger partial charge in [-0.1, -0.05) is 18.2 Å². The summed E-state index contributed by atoms with van der Waals surface area (Å²) in [6.07, 6.45) is 4.81. The number of carbonyl (C=O) groups excluding carboxylic acids is 1. The van der Waals surface area contributed by atoms with Crippen LogP contribution >= 0.6 is 11.6 Å². The van der Waals surface area contributed by atoms with E-state index in [0.717, 1.165) is 29.7 Å². The number of aliphatic hydroxyl groups is 1. The van der Waals surface area contributed by atoms with Crippen molar-refractivity contribution >= 4 is 51.4 Å². The lowest BCUT2D eigenvalue weighted by molar-refractivity contribution is -0.111. The minimum absolute atomic E-state index is 0.213. The van der Waals surface area contributed by atoms with E-state index in [2.05, 4.69) is 32.1 Å². The average Bonchev–Trinajstić information content (AvgIpc) is 3.30. The highest BCUT2D eigenvalue weighted by Crippen LogP contribution is 2.33. The van der Waals surface area contributed by atoms with Gasteiger partial charge in [0.25, 0.3) is 0 Å². The Morgan fingerprint density at radius 1 is 1.14 bits per heavy atom. The van der Waals surface area contributed by atoms with Gasteiger partial charge in [0.2, 0.25) is 11.9 Å². The summed E-state index contributed by atoms with van der Waals surface area (Å²) in [7, 11) is 5.94. The van der Waals surface area contributed by atoms with Gasteiger partial charge in [-0.15, -0.1) is 0 Å². The second-order valence-electron chi connectivity index (χ2n) is 8.86. The van der Waals surface area contributed by atoms with Crippen LogP contribution in [0.1, 0.15) is 5.56 Å². The van der Waals surface area contributed by atoms with E-state index in [-0.39, 0.29) is 12.5 Å². The van der Waals surface area contributed by atoms with E-state index in [4.69, 9.17) is 11.6 Å². The Balaban J connectivity index is 1.69. The number of halogens is 1. The lowest BCUT2D eigenvalue weighted by Gasteiger charge is -2.26. The SMILES string of the molecule is C=CC(=O)Nc1cc(Nc2nccc(-n3ccc4cc(Cl)ccc43)n2)c(CO)cc1N(C)CCN(C)C. The molecule has 9 nitrogen and oxygen atoms in total. The van der Waals surface area contributed by atoms with E-state index in [0.29, 0.717) is 33.7 Å². The number of anilines is 4. The van der Waals surface area contributed by atoms with Crippen LogP contribution < -0.4 is 15.5 Å². The van der Waals surface area contributed by atoms with Crippen LogP contribution in [0.25, 0.3) is 16.7 Å². The number of fused-ring (bicyclic) bond motifs is 1. The molecule has 10 heteroatoms. The third kappa shape index (κ3) is 6.08. The van der Waals surface area contributed by atoms with E-state index in [1.54, 1.807) is 12.3 Å². The first-order chi connectivity index (χ1) is 17.8. The molecule has 2 aromatic carbocycles. The number of hydrogen-bond acceptors (Lipinski definition) is 7. The molecule has 0 fully saturated rings. The van der Waals surface area contributed by atoms with Crippen molar-refractivity contribution in [2.45, 2.75) is 6.61 Å². The highest BCUT2D eigenvalue weighted by molar-refractivity contribution is 6.31. The van der Waals surface area contributed by atoms with E-state index >= 15 is 0 Å². The molecule has 192 valence electrons. The van der Waals surface area contributed by atoms with E-state index in [1.807, 2.05) is 73.2 Å². The van der Waals surface area contributed by atoms with Crippen molar-refractivity contribution in [3.8, 4) is 5.82 Å². The predicted octanol–water partition coefficient (Wildman–Crippen LogP) is 4.43. The fourth-order valence-corrected chi connectivity index (χ4v) is 4.11. The molecule has 0 saturated heterocycles. The van der Waals surface area contributed by atoms with Gasteiger partial charge >= 0.3 is 0 Å². The number of nitrogens with zero attached hydrogens (tertiary/aromatic N) is 5. The molecule has 4 aromatic rings. The van der Waals surface area contributed by atoms with Gasteiger partial charge in [0.05, 0.1) is 23.5 Å². The molecule has 0 atom stereocenters. The first-order valence-electron chi connectivity index (χ1n) is 11.7. The normalized spacial score (nSPS) is 11.1. The zero-order valence-electron chi connectivity index (χ0n) is 21.1. The number of nitrogens with one attached hydrogen (secondary N) is 2. The van der Waals surface area contributed by atoms with Crippen molar-refractivity contribution in [2.24, 2.45) is 0 Å². The Morgan fingerprint density at radius 3 is 2.68 bits per heavy atom. The Hall–Kier alpha value is -3.92. The van der Waals surface area contributed by atoms with Crippen LogP contribution in [0.15, 0.2) is 67.5 Å². The summed E-state index contributed by atoms with van der Waals surface area (Å²) in [4.78, 5) is 25.3. The topological polar surface area (TPSA) is 98.5 Å². The van der Waals surface area contributed by atoms with Crippen molar-refractivity contribution < 1.29 is 9.90 Å². The van der Waals surface area contributed by atoms with Gasteiger partial charge in [-0.05, 0) is 62.6 Å². The molecular formula is C27H30ClN7O2. The molecule has 0 unspecified atom stereocenters. The average molecular weight is 520 g/mol. The van der Waals surface area contributed by atoms with Gasteiger partial charge in [0.15, 0.2) is 0 Å². The standard InChI is InChI=1S/C27H30ClN7O2/c1-5-26(37)30-22-16-21(19(17-36)15-24(22)34(4)13-12-33(2)3)31-27-29-10-8-25(32-27)35-11-9-18-14-20(28)6-7-23(18)35/h5-11,14-16,36H,1,12-13,17H2,2-4H3,(H,30,37)(H,29,31,32). The quantitative estimate of drug-likeness (QED) is 0.266. The number of rotatable bonds is 10. The molecule has 3 N–H and O–H groups in total. The van der Waals surface area contributed by atoms with Gasteiger partial charge in [-0.2, -0.15) is 4.98 Å². The molecule has 0 bridgehead atoms. The van der Waals surface area contributed by atoms with Crippen LogP contribution in [0, 0.1) is 0 Å². The van der Waals surface area contributed by atoms with Gasteiger partial charge in [-0.3, -0.25) is 4.79 Å². The zero-order valence-corrected chi connectivity index (χ0v) is 21.8. The molecule has 0 aliphatic heterocycles. The van der Waals surface area contributed by atoms with Crippen molar-refractivity contribution in [1.29, 1.82) is 0 Å². The minimum Gasteiger partial charge on any atom is -0.392 e. The molecule has 2 aromatic heterocycles.